The van der Waals surface area contributed by atoms with Crippen LogP contribution in [0.2, 0.25) is 0 Å². The molecular formula is C11H16ClNO3S. The smallest absolute Gasteiger partial charge is 0.233 e. The summed E-state index contributed by atoms with van der Waals surface area (Å²) in [6, 6.07) is 3.57. The van der Waals surface area contributed by atoms with E-state index in [1.165, 1.54) is 0 Å². The maximum Gasteiger partial charge on any atom is 0.233 e. The molecular weight excluding hydrogens is 262 g/mol. The van der Waals surface area contributed by atoms with Crippen LogP contribution in [0.25, 0.3) is 0 Å². The van der Waals surface area contributed by atoms with Gasteiger partial charge in [0.1, 0.15) is 5.75 Å². The highest BCUT2D eigenvalue weighted by Crippen LogP contribution is 2.23. The summed E-state index contributed by atoms with van der Waals surface area (Å²) >= 11 is 0. The van der Waals surface area contributed by atoms with E-state index in [0.717, 1.165) is 5.69 Å². The van der Waals surface area contributed by atoms with Gasteiger partial charge in [0.25, 0.3) is 0 Å². The van der Waals surface area contributed by atoms with E-state index < -0.39 is 14.5 Å². The summed E-state index contributed by atoms with van der Waals surface area (Å²) in [5.74, 6) is 0.536. The minimum atomic E-state index is -3.52. The fraction of sp³-hybridized carbons (Fsp3) is 0.545. The van der Waals surface area contributed by atoms with Gasteiger partial charge in [-0.3, -0.25) is 4.98 Å². The van der Waals surface area contributed by atoms with E-state index in [-0.39, 0.29) is 12.4 Å². The van der Waals surface area contributed by atoms with Crippen LogP contribution in [0, 0.1) is 12.3 Å². The Kier molecular flexibility index (Phi) is 4.38. The normalized spacial score (nSPS) is 12.5. The molecule has 0 aliphatic rings. The van der Waals surface area contributed by atoms with Gasteiger partial charge in [0, 0.05) is 22.3 Å². The molecule has 0 bridgehead atoms. The van der Waals surface area contributed by atoms with Gasteiger partial charge < -0.3 is 4.74 Å². The molecule has 0 aromatic carbocycles. The average Bonchev–Trinajstić information content (AvgIpc) is 2.13. The number of halogens is 1. The van der Waals surface area contributed by atoms with E-state index in [1.54, 1.807) is 32.2 Å². The summed E-state index contributed by atoms with van der Waals surface area (Å²) in [5.41, 5.74) is 0.236. The van der Waals surface area contributed by atoms with Crippen LogP contribution < -0.4 is 4.74 Å². The van der Waals surface area contributed by atoms with Crippen molar-refractivity contribution in [2.45, 2.75) is 20.8 Å². The van der Waals surface area contributed by atoms with E-state index in [1.807, 2.05) is 6.92 Å². The number of rotatable bonds is 5. The molecule has 0 saturated heterocycles. The zero-order valence-corrected chi connectivity index (χ0v) is 11.7. The van der Waals surface area contributed by atoms with E-state index in [0.29, 0.717) is 5.75 Å². The summed E-state index contributed by atoms with van der Waals surface area (Å²) in [6.07, 6.45) is 1.68. The second kappa shape index (κ2) is 5.23. The van der Waals surface area contributed by atoms with Gasteiger partial charge in [0.15, 0.2) is 0 Å². The number of ether oxygens (including phenoxy) is 1. The third-order valence-electron chi connectivity index (χ3n) is 2.14. The van der Waals surface area contributed by atoms with Crippen molar-refractivity contribution in [1.29, 1.82) is 0 Å². The summed E-state index contributed by atoms with van der Waals surface area (Å²) in [6.45, 7) is 5.68. The Morgan fingerprint density at radius 3 is 2.65 bits per heavy atom. The Morgan fingerprint density at radius 1 is 1.47 bits per heavy atom. The maximum atomic E-state index is 11.0. The Labute approximate surface area is 106 Å². The van der Waals surface area contributed by atoms with E-state index in [4.69, 9.17) is 15.4 Å². The van der Waals surface area contributed by atoms with Crippen LogP contribution in [0.1, 0.15) is 19.5 Å². The summed E-state index contributed by atoms with van der Waals surface area (Å²) in [7, 11) is 1.72. The van der Waals surface area contributed by atoms with Crippen LogP contribution in [0.5, 0.6) is 5.75 Å². The van der Waals surface area contributed by atoms with Crippen LogP contribution in [-0.2, 0) is 9.05 Å². The van der Waals surface area contributed by atoms with Crippen molar-refractivity contribution < 1.29 is 13.2 Å². The molecule has 17 heavy (non-hydrogen) atoms. The van der Waals surface area contributed by atoms with Crippen LogP contribution in [-0.4, -0.2) is 25.8 Å². The van der Waals surface area contributed by atoms with Crippen LogP contribution >= 0.6 is 10.7 Å². The zero-order valence-electron chi connectivity index (χ0n) is 10.1. The first-order chi connectivity index (χ1) is 7.70. The van der Waals surface area contributed by atoms with Crippen LogP contribution in [0.15, 0.2) is 18.3 Å². The van der Waals surface area contributed by atoms with E-state index in [2.05, 4.69) is 4.98 Å². The molecule has 0 N–H and O–H groups in total. The lowest BCUT2D eigenvalue weighted by molar-refractivity contribution is 0.198. The average molecular weight is 278 g/mol. The van der Waals surface area contributed by atoms with Crippen molar-refractivity contribution in [3.05, 3.63) is 24.0 Å². The molecule has 0 aliphatic heterocycles. The highest BCUT2D eigenvalue weighted by Gasteiger charge is 2.26. The molecule has 96 valence electrons. The van der Waals surface area contributed by atoms with Crippen molar-refractivity contribution >= 4 is 19.7 Å². The molecule has 0 amide bonds. The minimum Gasteiger partial charge on any atom is -0.491 e. The molecule has 4 nitrogen and oxygen atoms in total. The Bertz CT molecular complexity index is 485. The molecule has 0 radical (unpaired) electrons. The van der Waals surface area contributed by atoms with Crippen LogP contribution in [0.3, 0.4) is 0 Å². The molecule has 0 atom stereocenters. The molecule has 1 rings (SSSR count). The number of hydrogen-bond acceptors (Lipinski definition) is 4. The first-order valence-corrected chi connectivity index (χ1v) is 7.64. The molecule has 0 unspecified atom stereocenters. The van der Waals surface area contributed by atoms with E-state index >= 15 is 0 Å². The van der Waals surface area contributed by atoms with Gasteiger partial charge in [-0.1, -0.05) is 13.8 Å². The highest BCUT2D eigenvalue weighted by atomic mass is 35.7. The topological polar surface area (TPSA) is 56.3 Å². The molecule has 1 aromatic heterocycles. The van der Waals surface area contributed by atoms with Crippen molar-refractivity contribution in [3.8, 4) is 5.75 Å². The highest BCUT2D eigenvalue weighted by molar-refractivity contribution is 8.13. The third-order valence-corrected chi connectivity index (χ3v) is 3.59. The molecule has 6 heteroatoms. The molecule has 0 spiro atoms. The number of aromatic nitrogens is 1. The second-order valence-electron chi connectivity index (χ2n) is 4.72. The standard InChI is InChI=1S/C11H16ClNO3S/c1-9-10(5-4-6-13-9)16-7-11(2,3)8-17(12,14)15/h4-6H,7-8H2,1-3H3. The van der Waals surface area contributed by atoms with Crippen LogP contribution in [0.4, 0.5) is 0 Å². The van der Waals surface area contributed by atoms with Gasteiger partial charge in [-0.25, -0.2) is 8.42 Å². The van der Waals surface area contributed by atoms with Gasteiger partial charge >= 0.3 is 0 Å². The van der Waals surface area contributed by atoms with Crippen molar-refractivity contribution in [1.82, 2.24) is 4.98 Å². The lowest BCUT2D eigenvalue weighted by Gasteiger charge is -2.23. The predicted molar refractivity (Wildman–Crippen MR) is 67.9 cm³/mol. The third kappa shape index (κ3) is 5.37. The number of aryl methyl sites for hydroxylation is 1. The lowest BCUT2D eigenvalue weighted by atomic mass is 9.98. The lowest BCUT2D eigenvalue weighted by Crippen LogP contribution is -2.28. The predicted octanol–water partition coefficient (Wildman–Crippen LogP) is 2.36. The first kappa shape index (κ1) is 14.3. The minimum absolute atomic E-state index is 0.124. The largest absolute Gasteiger partial charge is 0.491 e. The van der Waals surface area contributed by atoms with Gasteiger partial charge in [-0.05, 0) is 19.1 Å². The SMILES string of the molecule is Cc1ncccc1OCC(C)(C)CS(=O)(=O)Cl. The van der Waals surface area contributed by atoms with Crippen molar-refractivity contribution in [2.24, 2.45) is 5.41 Å². The fourth-order valence-electron chi connectivity index (χ4n) is 1.40. The molecule has 1 heterocycles. The quantitative estimate of drug-likeness (QED) is 0.776. The van der Waals surface area contributed by atoms with E-state index in [9.17, 15) is 8.42 Å². The van der Waals surface area contributed by atoms with Gasteiger partial charge in [0.05, 0.1) is 18.1 Å². The Hall–Kier alpha value is -0.810. The summed E-state index contributed by atoms with van der Waals surface area (Å²) < 4.78 is 27.6. The summed E-state index contributed by atoms with van der Waals surface area (Å²) in [4.78, 5) is 4.09. The molecule has 0 fully saturated rings. The van der Waals surface area contributed by atoms with Gasteiger partial charge in [-0.15, -0.1) is 0 Å². The Balaban J connectivity index is 2.65. The number of hydrogen-bond donors (Lipinski definition) is 0. The van der Waals surface area contributed by atoms with Crippen molar-refractivity contribution in [3.63, 3.8) is 0 Å². The molecule has 0 saturated carbocycles. The fourth-order valence-corrected chi connectivity index (χ4v) is 3.31. The number of nitrogens with zero attached hydrogens (tertiary/aromatic N) is 1. The second-order valence-corrected chi connectivity index (χ2v) is 7.50. The first-order valence-electron chi connectivity index (χ1n) is 5.16. The Morgan fingerprint density at radius 2 is 2.12 bits per heavy atom. The van der Waals surface area contributed by atoms with Crippen molar-refractivity contribution in [2.75, 3.05) is 12.4 Å². The maximum absolute atomic E-state index is 11.0. The van der Waals surface area contributed by atoms with Gasteiger partial charge in [0.2, 0.25) is 9.05 Å². The zero-order chi connectivity index (χ0) is 13.1. The summed E-state index contributed by atoms with van der Waals surface area (Å²) in [5, 5.41) is 0. The molecule has 0 aliphatic carbocycles. The number of pyridine rings is 1. The monoisotopic (exact) mass is 277 g/mol. The molecule has 1 aromatic rings. The van der Waals surface area contributed by atoms with Gasteiger partial charge in [-0.2, -0.15) is 0 Å².